The van der Waals surface area contributed by atoms with Gasteiger partial charge in [-0.3, -0.25) is 0 Å². The maximum atomic E-state index is 3.38. The van der Waals surface area contributed by atoms with Crippen LogP contribution in [0.1, 0.15) is 28.1 Å². The third-order valence-electron chi connectivity index (χ3n) is 2.93. The summed E-state index contributed by atoms with van der Waals surface area (Å²) in [6.07, 6.45) is 5.40. The molecule has 0 spiro atoms. The molecule has 1 N–H and O–H groups in total. The van der Waals surface area contributed by atoms with Gasteiger partial charge >= 0.3 is 0 Å². The lowest BCUT2D eigenvalue weighted by molar-refractivity contribution is 1.18. The van der Waals surface area contributed by atoms with Crippen LogP contribution in [-0.2, 0) is 6.42 Å². The molecule has 1 heterocycles. The van der Waals surface area contributed by atoms with Crippen molar-refractivity contribution in [3.8, 4) is 0 Å². The number of hydrogen-bond donors (Lipinski definition) is 1. The highest BCUT2D eigenvalue weighted by atomic mass is 14.7. The van der Waals surface area contributed by atoms with Crippen LogP contribution >= 0.6 is 0 Å². The van der Waals surface area contributed by atoms with Crippen LogP contribution in [0.3, 0.4) is 0 Å². The lowest BCUT2D eigenvalue weighted by Gasteiger charge is -2.02. The van der Waals surface area contributed by atoms with Crippen LogP contribution in [0.2, 0.25) is 0 Å². The van der Waals surface area contributed by atoms with E-state index in [2.05, 4.69) is 54.4 Å². The fraction of sp³-hybridized carbons (Fsp3) is 0.143. The SMILES string of the molecule is Cc1cc2c([nH]1)C=Cc1ccccc1C2. The van der Waals surface area contributed by atoms with Crippen molar-refractivity contribution in [1.82, 2.24) is 4.98 Å². The van der Waals surface area contributed by atoms with Crippen molar-refractivity contribution in [1.29, 1.82) is 0 Å². The van der Waals surface area contributed by atoms with Gasteiger partial charge in [0.15, 0.2) is 0 Å². The molecule has 3 rings (SSSR count). The normalized spacial score (nSPS) is 13.1. The highest BCUT2D eigenvalue weighted by molar-refractivity contribution is 5.74. The maximum absolute atomic E-state index is 3.38. The molecule has 1 aliphatic carbocycles. The third-order valence-corrected chi connectivity index (χ3v) is 2.93. The Labute approximate surface area is 89.5 Å². The van der Waals surface area contributed by atoms with Gasteiger partial charge in [-0.25, -0.2) is 0 Å². The minimum atomic E-state index is 1.03. The Bertz CT molecular complexity index is 532. The second-order valence-corrected chi connectivity index (χ2v) is 4.10. The standard InChI is InChI=1S/C14H13N/c1-10-8-13-9-12-5-3-2-4-11(12)6-7-14(13)15-10/h2-8,15H,9H2,1H3. The fourth-order valence-electron chi connectivity index (χ4n) is 2.20. The molecule has 0 bridgehead atoms. The summed E-state index contributed by atoms with van der Waals surface area (Å²) >= 11 is 0. The van der Waals surface area contributed by atoms with Crippen LogP contribution in [-0.4, -0.2) is 4.98 Å². The van der Waals surface area contributed by atoms with Crippen LogP contribution in [0.25, 0.3) is 12.2 Å². The van der Waals surface area contributed by atoms with Gasteiger partial charge in [0.2, 0.25) is 0 Å². The minimum Gasteiger partial charge on any atom is -0.359 e. The van der Waals surface area contributed by atoms with Crippen molar-refractivity contribution in [3.05, 3.63) is 58.4 Å². The van der Waals surface area contributed by atoms with Crippen molar-refractivity contribution in [2.24, 2.45) is 0 Å². The molecule has 1 aromatic heterocycles. The minimum absolute atomic E-state index is 1.03. The first-order chi connectivity index (χ1) is 7.33. The number of nitrogens with one attached hydrogen (secondary N) is 1. The Morgan fingerprint density at radius 1 is 1.07 bits per heavy atom. The van der Waals surface area contributed by atoms with E-state index in [4.69, 9.17) is 0 Å². The first-order valence-electron chi connectivity index (χ1n) is 5.27. The molecule has 0 aliphatic heterocycles. The molecule has 0 fully saturated rings. The van der Waals surface area contributed by atoms with E-state index < -0.39 is 0 Å². The highest BCUT2D eigenvalue weighted by Gasteiger charge is 2.10. The topological polar surface area (TPSA) is 15.8 Å². The summed E-state index contributed by atoms with van der Waals surface area (Å²) in [5.74, 6) is 0. The molecule has 0 amide bonds. The summed E-state index contributed by atoms with van der Waals surface area (Å²) in [5.41, 5.74) is 6.63. The van der Waals surface area contributed by atoms with Gasteiger partial charge in [-0.15, -0.1) is 0 Å². The smallest absolute Gasteiger partial charge is 0.0418 e. The van der Waals surface area contributed by atoms with Crippen LogP contribution in [0.5, 0.6) is 0 Å². The van der Waals surface area contributed by atoms with Crippen molar-refractivity contribution in [3.63, 3.8) is 0 Å². The Hall–Kier alpha value is -1.76. The number of benzene rings is 1. The summed E-state index contributed by atoms with van der Waals surface area (Å²) in [6.45, 7) is 2.11. The number of hydrogen-bond acceptors (Lipinski definition) is 0. The van der Waals surface area contributed by atoms with Gasteiger partial charge in [0.25, 0.3) is 0 Å². The quantitative estimate of drug-likeness (QED) is 0.566. The molecule has 0 radical (unpaired) electrons. The van der Waals surface area contributed by atoms with E-state index in [9.17, 15) is 0 Å². The van der Waals surface area contributed by atoms with E-state index in [0.717, 1.165) is 6.42 Å². The summed E-state index contributed by atoms with van der Waals surface area (Å²) in [4.78, 5) is 3.38. The molecule has 1 heteroatoms. The Morgan fingerprint density at radius 2 is 1.93 bits per heavy atom. The lowest BCUT2D eigenvalue weighted by Crippen LogP contribution is -1.88. The van der Waals surface area contributed by atoms with E-state index in [-0.39, 0.29) is 0 Å². The zero-order chi connectivity index (χ0) is 10.3. The lowest BCUT2D eigenvalue weighted by atomic mass is 10.0. The van der Waals surface area contributed by atoms with Gasteiger partial charge in [-0.05, 0) is 35.8 Å². The highest BCUT2D eigenvalue weighted by Crippen LogP contribution is 2.24. The predicted octanol–water partition coefficient (Wildman–Crippen LogP) is 3.40. The largest absolute Gasteiger partial charge is 0.359 e. The first kappa shape index (κ1) is 8.54. The number of aromatic amines is 1. The molecule has 0 saturated carbocycles. The molecule has 1 aromatic carbocycles. The molecular weight excluding hydrogens is 182 g/mol. The van der Waals surface area contributed by atoms with Gasteiger partial charge in [0, 0.05) is 17.8 Å². The van der Waals surface area contributed by atoms with E-state index in [0.29, 0.717) is 0 Å². The van der Waals surface area contributed by atoms with E-state index in [1.165, 1.54) is 28.1 Å². The number of fused-ring (bicyclic) bond motifs is 2. The Kier molecular flexibility index (Phi) is 1.78. The van der Waals surface area contributed by atoms with E-state index in [1.54, 1.807) is 0 Å². The van der Waals surface area contributed by atoms with Gasteiger partial charge in [-0.2, -0.15) is 0 Å². The van der Waals surface area contributed by atoms with Crippen LogP contribution in [0.15, 0.2) is 30.3 Å². The van der Waals surface area contributed by atoms with Crippen LogP contribution < -0.4 is 0 Å². The van der Waals surface area contributed by atoms with Crippen LogP contribution in [0.4, 0.5) is 0 Å². The van der Waals surface area contributed by atoms with Crippen molar-refractivity contribution in [2.45, 2.75) is 13.3 Å². The second-order valence-electron chi connectivity index (χ2n) is 4.10. The Balaban J connectivity index is 2.17. The zero-order valence-electron chi connectivity index (χ0n) is 8.75. The van der Waals surface area contributed by atoms with E-state index in [1.807, 2.05) is 0 Å². The summed E-state index contributed by atoms with van der Waals surface area (Å²) in [6, 6.07) is 10.8. The monoisotopic (exact) mass is 195 g/mol. The summed E-state index contributed by atoms with van der Waals surface area (Å²) in [5, 5.41) is 0. The first-order valence-corrected chi connectivity index (χ1v) is 5.27. The number of aromatic nitrogens is 1. The van der Waals surface area contributed by atoms with Crippen LogP contribution in [0, 0.1) is 6.92 Å². The molecule has 0 atom stereocenters. The van der Waals surface area contributed by atoms with Gasteiger partial charge in [-0.1, -0.05) is 30.3 Å². The summed E-state index contributed by atoms with van der Waals surface area (Å²) < 4.78 is 0. The maximum Gasteiger partial charge on any atom is 0.0418 e. The predicted molar refractivity (Wildman–Crippen MR) is 63.7 cm³/mol. The second kappa shape index (κ2) is 3.13. The Morgan fingerprint density at radius 3 is 2.87 bits per heavy atom. The molecule has 0 unspecified atom stereocenters. The number of rotatable bonds is 0. The molecular formula is C14H13N. The average molecular weight is 195 g/mol. The third kappa shape index (κ3) is 1.40. The number of aryl methyl sites for hydroxylation is 1. The van der Waals surface area contributed by atoms with Crippen molar-refractivity contribution >= 4 is 12.2 Å². The molecule has 74 valence electrons. The summed E-state index contributed by atoms with van der Waals surface area (Å²) in [7, 11) is 0. The van der Waals surface area contributed by atoms with E-state index >= 15 is 0 Å². The fourth-order valence-corrected chi connectivity index (χ4v) is 2.20. The van der Waals surface area contributed by atoms with Gasteiger partial charge in [0.1, 0.15) is 0 Å². The molecule has 15 heavy (non-hydrogen) atoms. The zero-order valence-corrected chi connectivity index (χ0v) is 8.75. The molecule has 2 aromatic rings. The molecule has 1 aliphatic rings. The molecule has 0 saturated heterocycles. The average Bonchev–Trinajstić information content (AvgIpc) is 2.49. The van der Waals surface area contributed by atoms with Crippen molar-refractivity contribution < 1.29 is 0 Å². The van der Waals surface area contributed by atoms with Gasteiger partial charge < -0.3 is 4.98 Å². The number of H-pyrrole nitrogens is 1. The molecule has 1 nitrogen and oxygen atoms in total. The van der Waals surface area contributed by atoms with Gasteiger partial charge in [0.05, 0.1) is 0 Å². The van der Waals surface area contributed by atoms with Crippen molar-refractivity contribution in [2.75, 3.05) is 0 Å².